The van der Waals surface area contributed by atoms with Crippen LogP contribution in [0.3, 0.4) is 0 Å². The summed E-state index contributed by atoms with van der Waals surface area (Å²) in [5.41, 5.74) is 13.6. The van der Waals surface area contributed by atoms with Gasteiger partial charge in [-0.05, 0) is 46.5 Å². The van der Waals surface area contributed by atoms with E-state index in [1.54, 1.807) is 0 Å². The number of pyridine rings is 3. The minimum absolute atomic E-state index is 0.906. The molecule has 0 amide bonds. The Bertz CT molecular complexity index is 2930. The van der Waals surface area contributed by atoms with Crippen LogP contribution in [0.25, 0.3) is 99.5 Å². The molecule has 0 spiro atoms. The van der Waals surface area contributed by atoms with Crippen LogP contribution in [0, 0.1) is 0 Å². The van der Waals surface area contributed by atoms with E-state index < -0.39 is 0 Å². The number of nitrogens with zero attached hydrogens (tertiary/aromatic N) is 3. The van der Waals surface area contributed by atoms with Crippen molar-refractivity contribution in [1.82, 2.24) is 15.0 Å². The number of fused-ring (bicyclic) bond motifs is 6. The summed E-state index contributed by atoms with van der Waals surface area (Å²) < 4.78 is 0. The molecule has 242 valence electrons. The zero-order valence-corrected chi connectivity index (χ0v) is 28.2. The van der Waals surface area contributed by atoms with Crippen molar-refractivity contribution in [3.8, 4) is 56.0 Å². The zero-order chi connectivity index (χ0) is 34.4. The molecule has 0 radical (unpaired) electrons. The van der Waals surface area contributed by atoms with Crippen LogP contribution in [0.15, 0.2) is 188 Å². The smallest absolute Gasteiger partial charge is 0.0972 e. The highest BCUT2D eigenvalue weighted by Gasteiger charge is 2.16. The molecule has 0 saturated carbocycles. The first-order valence-electron chi connectivity index (χ1n) is 17.6. The van der Waals surface area contributed by atoms with Crippen molar-refractivity contribution in [1.29, 1.82) is 0 Å². The molecule has 3 nitrogen and oxygen atoms in total. The third kappa shape index (κ3) is 5.19. The summed E-state index contributed by atoms with van der Waals surface area (Å²) in [4.78, 5) is 15.6. The van der Waals surface area contributed by atoms with Crippen molar-refractivity contribution in [2.75, 3.05) is 0 Å². The maximum atomic E-state index is 5.27. The fourth-order valence-corrected chi connectivity index (χ4v) is 7.46. The maximum Gasteiger partial charge on any atom is 0.0972 e. The van der Waals surface area contributed by atoms with Gasteiger partial charge in [-0.2, -0.15) is 0 Å². The highest BCUT2D eigenvalue weighted by Crippen LogP contribution is 2.40. The Morgan fingerprint density at radius 1 is 0.308 bits per heavy atom. The van der Waals surface area contributed by atoms with Crippen molar-refractivity contribution in [2.24, 2.45) is 0 Å². The van der Waals surface area contributed by atoms with Crippen molar-refractivity contribution >= 4 is 43.5 Å². The van der Waals surface area contributed by atoms with E-state index in [2.05, 4.69) is 170 Å². The molecule has 7 aromatic carbocycles. The van der Waals surface area contributed by atoms with Crippen molar-refractivity contribution in [3.05, 3.63) is 188 Å². The Balaban J connectivity index is 1.11. The topological polar surface area (TPSA) is 38.7 Å². The molecule has 10 rings (SSSR count). The largest absolute Gasteiger partial charge is 0.247 e. The molecule has 0 aliphatic carbocycles. The highest BCUT2D eigenvalue weighted by molar-refractivity contribution is 6.17. The number of rotatable bonds is 5. The Morgan fingerprint density at radius 3 is 1.56 bits per heavy atom. The van der Waals surface area contributed by atoms with Gasteiger partial charge in [0, 0.05) is 43.6 Å². The van der Waals surface area contributed by atoms with Crippen LogP contribution in [-0.4, -0.2) is 15.0 Å². The number of aromatic nitrogens is 3. The van der Waals surface area contributed by atoms with Gasteiger partial charge < -0.3 is 0 Å². The normalized spacial score (nSPS) is 11.5. The van der Waals surface area contributed by atoms with E-state index in [9.17, 15) is 0 Å². The lowest BCUT2D eigenvalue weighted by atomic mass is 9.91. The van der Waals surface area contributed by atoms with Crippen LogP contribution >= 0.6 is 0 Å². The van der Waals surface area contributed by atoms with Gasteiger partial charge in [0.25, 0.3) is 0 Å². The highest BCUT2D eigenvalue weighted by atomic mass is 14.8. The van der Waals surface area contributed by atoms with E-state index in [1.165, 1.54) is 22.1 Å². The Kier molecular flexibility index (Phi) is 7.14. The Labute approximate surface area is 301 Å². The number of benzene rings is 7. The average molecular weight is 662 g/mol. The first kappa shape index (κ1) is 29.9. The minimum Gasteiger partial charge on any atom is -0.247 e. The maximum absolute atomic E-state index is 5.27. The molecule has 0 atom stereocenters. The van der Waals surface area contributed by atoms with Crippen LogP contribution < -0.4 is 0 Å². The number of hydrogen-bond donors (Lipinski definition) is 0. The third-order valence-corrected chi connectivity index (χ3v) is 10.0. The summed E-state index contributed by atoms with van der Waals surface area (Å²) in [6.07, 6.45) is 0. The lowest BCUT2D eigenvalue weighted by Crippen LogP contribution is -1.93. The van der Waals surface area contributed by atoms with Gasteiger partial charge in [0.1, 0.15) is 0 Å². The fraction of sp³-hybridized carbons (Fsp3) is 0. The van der Waals surface area contributed by atoms with Gasteiger partial charge >= 0.3 is 0 Å². The summed E-state index contributed by atoms with van der Waals surface area (Å²) >= 11 is 0. The van der Waals surface area contributed by atoms with Crippen molar-refractivity contribution in [2.45, 2.75) is 0 Å². The van der Waals surface area contributed by atoms with E-state index in [0.717, 1.165) is 77.4 Å². The second kappa shape index (κ2) is 12.4. The standard InChI is InChI=1S/C49H31N3/c1-3-11-32(12-4-1)33-21-23-35(24-22-33)47-42-19-10-18-40(46(42)41-17-7-8-20-45(41)52-47)38-15-9-16-39(31-38)44-30-28-37-26-25-36-27-29-43(34-13-5-2-6-14-34)50-48(36)49(37)51-44/h1-31H. The molecule has 3 heteroatoms. The van der Waals surface area contributed by atoms with Crippen molar-refractivity contribution < 1.29 is 0 Å². The quantitative estimate of drug-likeness (QED) is 0.172. The second-order valence-electron chi connectivity index (χ2n) is 13.2. The van der Waals surface area contributed by atoms with Crippen LogP contribution in [-0.2, 0) is 0 Å². The molecule has 0 saturated heterocycles. The van der Waals surface area contributed by atoms with Gasteiger partial charge in [-0.25, -0.2) is 15.0 Å². The first-order chi connectivity index (χ1) is 25.8. The number of para-hydroxylation sites is 1. The lowest BCUT2D eigenvalue weighted by Gasteiger charge is -2.15. The van der Waals surface area contributed by atoms with Crippen LogP contribution in [0.2, 0.25) is 0 Å². The molecule has 0 N–H and O–H groups in total. The molecule has 0 fully saturated rings. The average Bonchev–Trinajstić information content (AvgIpc) is 3.23. The molecule has 0 aliphatic heterocycles. The number of hydrogen-bond acceptors (Lipinski definition) is 3. The molecule has 3 aromatic heterocycles. The van der Waals surface area contributed by atoms with Gasteiger partial charge in [0.15, 0.2) is 0 Å². The SMILES string of the molecule is c1ccc(-c2ccc(-c3nc4ccccc4c4c(-c5cccc(-c6ccc7ccc8ccc(-c9ccccc9)nc8c7n6)c5)cccc34)cc2)cc1. The lowest BCUT2D eigenvalue weighted by molar-refractivity contribution is 1.36. The van der Waals surface area contributed by atoms with Crippen LogP contribution in [0.1, 0.15) is 0 Å². The van der Waals surface area contributed by atoms with Gasteiger partial charge in [-0.15, -0.1) is 0 Å². The summed E-state index contributed by atoms with van der Waals surface area (Å²) in [7, 11) is 0. The van der Waals surface area contributed by atoms with E-state index in [4.69, 9.17) is 15.0 Å². The predicted molar refractivity (Wildman–Crippen MR) is 217 cm³/mol. The fourth-order valence-electron chi connectivity index (χ4n) is 7.46. The predicted octanol–water partition coefficient (Wildman–Crippen LogP) is 12.8. The summed E-state index contributed by atoms with van der Waals surface area (Å²) in [6.45, 7) is 0. The Morgan fingerprint density at radius 2 is 0.827 bits per heavy atom. The second-order valence-corrected chi connectivity index (χ2v) is 13.2. The van der Waals surface area contributed by atoms with Gasteiger partial charge in [-0.1, -0.05) is 164 Å². The first-order valence-corrected chi connectivity index (χ1v) is 17.6. The molecule has 10 aromatic rings. The Hall–Kier alpha value is -6.97. The summed E-state index contributed by atoms with van der Waals surface area (Å²) in [5.74, 6) is 0. The third-order valence-electron chi connectivity index (χ3n) is 10.0. The molecule has 0 bridgehead atoms. The molecular weight excluding hydrogens is 631 g/mol. The monoisotopic (exact) mass is 661 g/mol. The molecule has 52 heavy (non-hydrogen) atoms. The molecule has 0 aliphatic rings. The van der Waals surface area contributed by atoms with E-state index >= 15 is 0 Å². The summed E-state index contributed by atoms with van der Waals surface area (Å²) in [6, 6.07) is 66.2. The van der Waals surface area contributed by atoms with Gasteiger partial charge in [0.05, 0.1) is 33.6 Å². The van der Waals surface area contributed by atoms with E-state index in [0.29, 0.717) is 0 Å². The van der Waals surface area contributed by atoms with Gasteiger partial charge in [0.2, 0.25) is 0 Å². The minimum atomic E-state index is 0.906. The zero-order valence-electron chi connectivity index (χ0n) is 28.2. The summed E-state index contributed by atoms with van der Waals surface area (Å²) in [5, 5.41) is 5.61. The van der Waals surface area contributed by atoms with Crippen LogP contribution in [0.5, 0.6) is 0 Å². The molecule has 0 unspecified atom stereocenters. The van der Waals surface area contributed by atoms with Crippen LogP contribution in [0.4, 0.5) is 0 Å². The molecule has 3 heterocycles. The van der Waals surface area contributed by atoms with Crippen molar-refractivity contribution in [3.63, 3.8) is 0 Å². The van der Waals surface area contributed by atoms with E-state index in [1.807, 2.05) is 18.2 Å². The molecular formula is C49H31N3. The van der Waals surface area contributed by atoms with Gasteiger partial charge in [-0.3, -0.25) is 0 Å². The van der Waals surface area contributed by atoms with E-state index in [-0.39, 0.29) is 0 Å².